The van der Waals surface area contributed by atoms with Crippen molar-refractivity contribution >= 4 is 16.0 Å². The molecule has 1 aromatic carbocycles. The summed E-state index contributed by atoms with van der Waals surface area (Å²) in [6.45, 7) is 4.82. The molecule has 3 heterocycles. The van der Waals surface area contributed by atoms with E-state index in [1.54, 1.807) is 28.6 Å². The van der Waals surface area contributed by atoms with E-state index in [4.69, 9.17) is 14.3 Å². The molecular weight excluding hydrogens is 425 g/mol. The summed E-state index contributed by atoms with van der Waals surface area (Å²) in [6, 6.07) is 13.0. The lowest BCUT2D eigenvalue weighted by molar-refractivity contribution is -0.192. The third kappa shape index (κ3) is 4.85. The number of benzene rings is 1. The number of rotatable bonds is 4. The fourth-order valence-electron chi connectivity index (χ4n) is 3.60. The zero-order valence-corrected chi connectivity index (χ0v) is 16.9. The highest BCUT2D eigenvalue weighted by molar-refractivity contribution is 7.89. The van der Waals surface area contributed by atoms with Crippen LogP contribution in [0.25, 0.3) is 0 Å². The summed E-state index contributed by atoms with van der Waals surface area (Å²) in [5.41, 5.74) is 0. The Morgan fingerprint density at radius 3 is 2.30 bits per heavy atom. The Kier molecular flexibility index (Phi) is 6.25. The Morgan fingerprint density at radius 2 is 1.77 bits per heavy atom. The van der Waals surface area contributed by atoms with Gasteiger partial charge in [-0.2, -0.15) is 17.5 Å². The fourth-order valence-corrected chi connectivity index (χ4v) is 5.13. The maximum absolute atomic E-state index is 12.7. The quantitative estimate of drug-likeness (QED) is 0.777. The number of hydrogen-bond acceptors (Lipinski definition) is 5. The number of furan rings is 1. The van der Waals surface area contributed by atoms with Gasteiger partial charge in [0.25, 0.3) is 0 Å². The van der Waals surface area contributed by atoms with Crippen LogP contribution in [0.5, 0.6) is 0 Å². The zero-order chi connectivity index (χ0) is 22.1. The van der Waals surface area contributed by atoms with Crippen molar-refractivity contribution in [2.75, 3.05) is 19.6 Å². The standard InChI is InChI=1S/C17H20N2O3S.C2HF3O2/c1-13-7-8-15(22-13)11-18-9-14-10-19(12-17(14)18)23(20,21)16-5-3-2-4-6-16;3-2(4,5)1(6)7/h2-8,14,17H,9-12H2,1H3;(H,6,7). The monoisotopic (exact) mass is 446 g/mol. The lowest BCUT2D eigenvalue weighted by Crippen LogP contribution is -2.54. The van der Waals surface area contributed by atoms with Crippen molar-refractivity contribution in [2.24, 2.45) is 5.92 Å². The van der Waals surface area contributed by atoms with Crippen molar-refractivity contribution in [1.82, 2.24) is 9.21 Å². The molecule has 2 aliphatic heterocycles. The molecule has 0 spiro atoms. The second-order valence-electron chi connectivity index (χ2n) is 7.21. The van der Waals surface area contributed by atoms with Crippen LogP contribution < -0.4 is 0 Å². The molecule has 4 rings (SSSR count). The Labute approximate surface area is 171 Å². The number of sulfonamides is 1. The predicted octanol–water partition coefficient (Wildman–Crippen LogP) is 2.73. The van der Waals surface area contributed by atoms with Crippen molar-refractivity contribution < 1.29 is 35.9 Å². The first kappa shape index (κ1) is 22.3. The van der Waals surface area contributed by atoms with Gasteiger partial charge in [-0.3, -0.25) is 4.90 Å². The van der Waals surface area contributed by atoms with Gasteiger partial charge in [0.05, 0.1) is 11.4 Å². The van der Waals surface area contributed by atoms with Crippen LogP contribution in [0, 0.1) is 12.8 Å². The average molecular weight is 446 g/mol. The van der Waals surface area contributed by atoms with Gasteiger partial charge in [-0.05, 0) is 31.2 Å². The van der Waals surface area contributed by atoms with Gasteiger partial charge >= 0.3 is 12.1 Å². The molecule has 2 aliphatic rings. The summed E-state index contributed by atoms with van der Waals surface area (Å²) in [5.74, 6) is -0.459. The topological polar surface area (TPSA) is 91.1 Å². The molecule has 0 bridgehead atoms. The Hall–Kier alpha value is -2.37. The molecular formula is C19H21F3N2O5S. The van der Waals surface area contributed by atoms with Gasteiger partial charge in [0.2, 0.25) is 10.0 Å². The molecule has 2 atom stereocenters. The van der Waals surface area contributed by atoms with E-state index in [1.165, 1.54) is 0 Å². The summed E-state index contributed by atoms with van der Waals surface area (Å²) in [7, 11) is -3.37. The number of aliphatic carboxylic acids is 1. The van der Waals surface area contributed by atoms with Gasteiger partial charge in [0.15, 0.2) is 0 Å². The number of nitrogens with zero attached hydrogens (tertiary/aromatic N) is 2. The Balaban J connectivity index is 0.000000318. The SMILES string of the molecule is Cc1ccc(CN2CC3CN(S(=O)(=O)c4ccccc4)CC32)o1.O=C(O)C(F)(F)F. The molecule has 2 fully saturated rings. The average Bonchev–Trinajstić information content (AvgIpc) is 3.23. The van der Waals surface area contributed by atoms with E-state index < -0.39 is 22.2 Å². The first-order valence-corrected chi connectivity index (χ1v) is 10.6. The molecule has 30 heavy (non-hydrogen) atoms. The van der Waals surface area contributed by atoms with Crippen LogP contribution in [0.3, 0.4) is 0 Å². The number of carboxylic acid groups (broad SMARTS) is 1. The Bertz CT molecular complexity index is 991. The highest BCUT2D eigenvalue weighted by Crippen LogP contribution is 2.36. The molecule has 11 heteroatoms. The van der Waals surface area contributed by atoms with Crippen molar-refractivity contribution in [2.45, 2.75) is 30.6 Å². The summed E-state index contributed by atoms with van der Waals surface area (Å²) in [5, 5.41) is 7.12. The van der Waals surface area contributed by atoms with Crippen molar-refractivity contribution in [3.05, 3.63) is 54.0 Å². The molecule has 1 N–H and O–H groups in total. The van der Waals surface area contributed by atoms with E-state index in [2.05, 4.69) is 4.90 Å². The van der Waals surface area contributed by atoms with Crippen LogP contribution in [-0.4, -0.2) is 60.6 Å². The minimum atomic E-state index is -5.08. The molecule has 0 saturated carbocycles. The maximum Gasteiger partial charge on any atom is 0.490 e. The predicted molar refractivity (Wildman–Crippen MR) is 100 cm³/mol. The number of alkyl halides is 3. The van der Waals surface area contributed by atoms with Crippen LogP contribution >= 0.6 is 0 Å². The molecule has 0 amide bonds. The minimum Gasteiger partial charge on any atom is -0.475 e. The zero-order valence-electron chi connectivity index (χ0n) is 16.0. The molecule has 2 saturated heterocycles. The van der Waals surface area contributed by atoms with Gasteiger partial charge < -0.3 is 9.52 Å². The smallest absolute Gasteiger partial charge is 0.475 e. The van der Waals surface area contributed by atoms with Crippen molar-refractivity contribution in [1.29, 1.82) is 0 Å². The number of carbonyl (C=O) groups is 1. The first-order valence-electron chi connectivity index (χ1n) is 9.13. The van der Waals surface area contributed by atoms with Crippen LogP contribution in [0.2, 0.25) is 0 Å². The first-order chi connectivity index (χ1) is 14.0. The van der Waals surface area contributed by atoms with E-state index in [0.717, 1.165) is 24.6 Å². The molecule has 0 radical (unpaired) electrons. The normalized spacial score (nSPS) is 22.0. The third-order valence-electron chi connectivity index (χ3n) is 5.09. The van der Waals surface area contributed by atoms with Gasteiger partial charge in [-0.1, -0.05) is 18.2 Å². The van der Waals surface area contributed by atoms with E-state index in [-0.39, 0.29) is 0 Å². The fraction of sp³-hybridized carbons (Fsp3) is 0.421. The lowest BCUT2D eigenvalue weighted by atomic mass is 9.92. The van der Waals surface area contributed by atoms with Crippen molar-refractivity contribution in [3.63, 3.8) is 0 Å². The highest BCUT2D eigenvalue weighted by Gasteiger charge is 2.48. The second-order valence-corrected chi connectivity index (χ2v) is 9.15. The summed E-state index contributed by atoms with van der Waals surface area (Å²) < 4.78 is 64.4. The van der Waals surface area contributed by atoms with Crippen molar-refractivity contribution in [3.8, 4) is 0 Å². The summed E-state index contributed by atoms with van der Waals surface area (Å²) in [6.07, 6.45) is -5.08. The molecule has 0 aliphatic carbocycles. The highest BCUT2D eigenvalue weighted by atomic mass is 32.2. The number of halogens is 3. The number of carboxylic acids is 1. The van der Waals surface area contributed by atoms with Gasteiger partial charge in [-0.15, -0.1) is 0 Å². The third-order valence-corrected chi connectivity index (χ3v) is 6.94. The van der Waals surface area contributed by atoms with E-state index in [0.29, 0.717) is 29.9 Å². The Morgan fingerprint density at radius 1 is 1.13 bits per heavy atom. The van der Waals surface area contributed by atoms with E-state index >= 15 is 0 Å². The van der Waals surface area contributed by atoms with Crippen LogP contribution in [0.4, 0.5) is 13.2 Å². The molecule has 164 valence electrons. The maximum atomic E-state index is 12.7. The second kappa shape index (κ2) is 8.40. The minimum absolute atomic E-state index is 0.305. The van der Waals surface area contributed by atoms with Crippen LogP contribution in [-0.2, 0) is 21.4 Å². The van der Waals surface area contributed by atoms with Crippen LogP contribution in [0.15, 0.2) is 51.8 Å². The van der Waals surface area contributed by atoms with Gasteiger partial charge in [0, 0.05) is 31.6 Å². The van der Waals surface area contributed by atoms with Gasteiger partial charge in [-0.25, -0.2) is 13.2 Å². The van der Waals surface area contributed by atoms with Crippen LogP contribution in [0.1, 0.15) is 11.5 Å². The van der Waals surface area contributed by atoms with E-state index in [1.807, 2.05) is 25.1 Å². The number of likely N-dealkylation sites (tertiary alicyclic amines) is 1. The molecule has 7 nitrogen and oxygen atoms in total. The molecule has 1 aromatic heterocycles. The summed E-state index contributed by atoms with van der Waals surface area (Å²) in [4.78, 5) is 11.6. The number of aryl methyl sites for hydroxylation is 1. The largest absolute Gasteiger partial charge is 0.490 e. The molecule has 2 aromatic rings. The number of hydrogen-bond donors (Lipinski definition) is 1. The molecule has 2 unspecified atom stereocenters. The lowest BCUT2D eigenvalue weighted by Gasteiger charge is -2.43. The number of fused-ring (bicyclic) bond motifs is 1. The summed E-state index contributed by atoms with van der Waals surface area (Å²) >= 11 is 0. The van der Waals surface area contributed by atoms with E-state index in [9.17, 15) is 21.6 Å². The van der Waals surface area contributed by atoms with Gasteiger partial charge in [0.1, 0.15) is 11.5 Å².